The van der Waals surface area contributed by atoms with Crippen LogP contribution in [0.3, 0.4) is 0 Å². The molecule has 45 heavy (non-hydrogen) atoms. The molecule has 1 saturated heterocycles. The normalized spacial score (nSPS) is 13.8. The van der Waals surface area contributed by atoms with Crippen LogP contribution in [0.1, 0.15) is 50.8 Å². The number of carbonyl (C=O) groups excluding carboxylic acids is 3. The third-order valence-electron chi connectivity index (χ3n) is 7.54. The Bertz CT molecular complexity index is 1670. The number of alkyl carbamates (subject to hydrolysis) is 1. The van der Waals surface area contributed by atoms with Crippen LogP contribution < -0.4 is 16.2 Å². The molecule has 1 unspecified atom stereocenters. The first-order chi connectivity index (χ1) is 21.5. The van der Waals surface area contributed by atoms with E-state index in [0.29, 0.717) is 42.4 Å². The summed E-state index contributed by atoms with van der Waals surface area (Å²) < 4.78 is 21.3. The van der Waals surface area contributed by atoms with Crippen molar-refractivity contribution in [1.29, 1.82) is 0 Å². The predicted molar refractivity (Wildman–Crippen MR) is 166 cm³/mol. The van der Waals surface area contributed by atoms with Gasteiger partial charge in [-0.2, -0.15) is 0 Å². The van der Waals surface area contributed by atoms with Gasteiger partial charge in [-0.15, -0.1) is 0 Å². The van der Waals surface area contributed by atoms with Crippen LogP contribution in [0.15, 0.2) is 53.5 Å². The number of aromatic nitrogens is 2. The number of rotatable bonds is 11. The van der Waals surface area contributed by atoms with Crippen LogP contribution in [0.2, 0.25) is 0 Å². The SMILES string of the molecule is COC(=O)NC(CCC=CC(=O)N1CCCC1)C(=O)Nc1cccn(Cc2cc3cc(F)cc(CC(C)C)c3n2C(=O)O)c1=O. The summed E-state index contributed by atoms with van der Waals surface area (Å²) in [5.41, 5.74) is 0.427. The van der Waals surface area contributed by atoms with Gasteiger partial charge in [0, 0.05) is 24.7 Å². The smallest absolute Gasteiger partial charge is 0.416 e. The number of hydrogen-bond donors (Lipinski definition) is 3. The molecule has 0 saturated carbocycles. The van der Waals surface area contributed by atoms with Crippen molar-refractivity contribution in [2.24, 2.45) is 5.92 Å². The molecule has 3 aromatic rings. The van der Waals surface area contributed by atoms with Gasteiger partial charge in [0.2, 0.25) is 11.8 Å². The standard InChI is InChI=1S/C32H38FN5O7/c1-20(2)15-21-16-23(33)17-22-18-24(38(28(21)22)32(43)44)19-37-14-8-10-26(30(37)41)34-29(40)25(35-31(42)45-3)9-4-5-11-27(39)36-12-6-7-13-36/h5,8,10-11,14,16-18,20,25H,4,6-7,9,12-13,15,19H2,1-3H3,(H,34,40)(H,35,42)(H,43,44). The maximum Gasteiger partial charge on any atom is 0.416 e. The van der Waals surface area contributed by atoms with Crippen LogP contribution in [-0.2, 0) is 27.3 Å². The number of benzene rings is 1. The molecule has 3 heterocycles. The molecule has 2 aromatic heterocycles. The van der Waals surface area contributed by atoms with E-state index in [2.05, 4.69) is 15.4 Å². The molecule has 1 fully saturated rings. The molecule has 3 amide bonds. The number of carboxylic acid groups (broad SMARTS) is 1. The Labute approximate surface area is 259 Å². The van der Waals surface area contributed by atoms with E-state index in [-0.39, 0.29) is 36.2 Å². The maximum absolute atomic E-state index is 14.4. The van der Waals surface area contributed by atoms with Gasteiger partial charge in [0.05, 0.1) is 24.9 Å². The van der Waals surface area contributed by atoms with E-state index >= 15 is 0 Å². The summed E-state index contributed by atoms with van der Waals surface area (Å²) in [6, 6.07) is 5.95. The van der Waals surface area contributed by atoms with Gasteiger partial charge in [-0.05, 0) is 80.0 Å². The summed E-state index contributed by atoms with van der Waals surface area (Å²) >= 11 is 0. The Kier molecular flexibility index (Phi) is 10.8. The fraction of sp³-hybridized carbons (Fsp3) is 0.406. The van der Waals surface area contributed by atoms with Crippen molar-refractivity contribution >= 4 is 40.6 Å². The highest BCUT2D eigenvalue weighted by molar-refractivity contribution is 5.96. The molecule has 0 bridgehead atoms. The lowest BCUT2D eigenvalue weighted by Crippen LogP contribution is -2.44. The van der Waals surface area contributed by atoms with Gasteiger partial charge < -0.3 is 29.9 Å². The van der Waals surface area contributed by atoms with E-state index in [1.807, 2.05) is 13.8 Å². The monoisotopic (exact) mass is 623 g/mol. The van der Waals surface area contributed by atoms with Gasteiger partial charge in [0.15, 0.2) is 0 Å². The van der Waals surface area contributed by atoms with Crippen LogP contribution in [0, 0.1) is 11.7 Å². The molecule has 240 valence electrons. The van der Waals surface area contributed by atoms with Gasteiger partial charge in [-0.25, -0.2) is 18.5 Å². The number of amides is 3. The number of carbonyl (C=O) groups is 4. The number of nitrogens with one attached hydrogen (secondary N) is 2. The van der Waals surface area contributed by atoms with Crippen LogP contribution in [0.4, 0.5) is 19.7 Å². The van der Waals surface area contributed by atoms with Crippen LogP contribution in [-0.4, -0.2) is 69.4 Å². The third-order valence-corrected chi connectivity index (χ3v) is 7.54. The number of nitrogens with zero attached hydrogens (tertiary/aromatic N) is 3. The topological polar surface area (TPSA) is 152 Å². The highest BCUT2D eigenvalue weighted by atomic mass is 19.1. The van der Waals surface area contributed by atoms with Crippen molar-refractivity contribution in [3.8, 4) is 0 Å². The number of methoxy groups -OCH3 is 1. The number of hydrogen-bond acceptors (Lipinski definition) is 6. The fourth-order valence-electron chi connectivity index (χ4n) is 5.49. The Hall–Kier alpha value is -4.94. The van der Waals surface area contributed by atoms with E-state index in [9.17, 15) is 33.5 Å². The quantitative estimate of drug-likeness (QED) is 0.269. The van der Waals surface area contributed by atoms with Crippen molar-refractivity contribution < 1.29 is 33.4 Å². The van der Waals surface area contributed by atoms with Crippen LogP contribution >= 0.6 is 0 Å². The molecule has 3 N–H and O–H groups in total. The second-order valence-electron chi connectivity index (χ2n) is 11.4. The van der Waals surface area contributed by atoms with Crippen molar-refractivity contribution in [2.45, 2.75) is 58.5 Å². The minimum absolute atomic E-state index is 0.0940. The molecule has 0 aliphatic carbocycles. The Balaban J connectivity index is 1.54. The highest BCUT2D eigenvalue weighted by Crippen LogP contribution is 2.27. The second kappa shape index (κ2) is 14.7. The van der Waals surface area contributed by atoms with Crippen LogP contribution in [0.5, 0.6) is 0 Å². The number of allylic oxidation sites excluding steroid dienone is 1. The summed E-state index contributed by atoms with van der Waals surface area (Å²) in [5.74, 6) is -1.13. The lowest BCUT2D eigenvalue weighted by molar-refractivity contribution is -0.125. The summed E-state index contributed by atoms with van der Waals surface area (Å²) in [6.07, 6.45) is 5.22. The van der Waals surface area contributed by atoms with Gasteiger partial charge in [0.1, 0.15) is 17.5 Å². The molecule has 0 spiro atoms. The molecule has 0 radical (unpaired) electrons. The van der Waals surface area contributed by atoms with Crippen molar-refractivity contribution in [3.05, 3.63) is 76.1 Å². The summed E-state index contributed by atoms with van der Waals surface area (Å²) in [4.78, 5) is 64.9. The zero-order valence-corrected chi connectivity index (χ0v) is 25.5. The first-order valence-electron chi connectivity index (χ1n) is 14.8. The Morgan fingerprint density at radius 2 is 1.87 bits per heavy atom. The van der Waals surface area contributed by atoms with Crippen LogP contribution in [0.25, 0.3) is 10.9 Å². The number of fused-ring (bicyclic) bond motifs is 1. The van der Waals surface area contributed by atoms with Crippen molar-refractivity contribution in [2.75, 3.05) is 25.5 Å². The number of ether oxygens (including phenoxy) is 1. The minimum Gasteiger partial charge on any atom is -0.464 e. The number of pyridine rings is 1. The zero-order valence-electron chi connectivity index (χ0n) is 25.5. The average Bonchev–Trinajstić information content (AvgIpc) is 3.64. The molecular formula is C32H38FN5O7. The fourth-order valence-corrected chi connectivity index (χ4v) is 5.49. The highest BCUT2D eigenvalue weighted by Gasteiger charge is 2.23. The van der Waals surface area contributed by atoms with Gasteiger partial charge in [-0.3, -0.25) is 14.4 Å². The summed E-state index contributed by atoms with van der Waals surface area (Å²) in [5, 5.41) is 15.5. The molecule has 1 aliphatic heterocycles. The number of anilines is 1. The summed E-state index contributed by atoms with van der Waals surface area (Å²) in [7, 11) is 1.16. The molecule has 1 aromatic carbocycles. The van der Waals surface area contributed by atoms with Gasteiger partial charge in [0.25, 0.3) is 5.56 Å². The second-order valence-corrected chi connectivity index (χ2v) is 11.4. The molecular weight excluding hydrogens is 585 g/mol. The van der Waals surface area contributed by atoms with Gasteiger partial charge in [-0.1, -0.05) is 19.9 Å². The summed E-state index contributed by atoms with van der Waals surface area (Å²) in [6.45, 7) is 5.14. The third kappa shape index (κ3) is 8.16. The van der Waals surface area contributed by atoms with Gasteiger partial charge >= 0.3 is 12.2 Å². The largest absolute Gasteiger partial charge is 0.464 e. The lowest BCUT2D eigenvalue weighted by Gasteiger charge is -2.17. The maximum atomic E-state index is 14.4. The first kappa shape index (κ1) is 33.0. The number of halogens is 1. The van der Waals surface area contributed by atoms with Crippen molar-refractivity contribution in [3.63, 3.8) is 0 Å². The van der Waals surface area contributed by atoms with E-state index in [0.717, 1.165) is 24.5 Å². The van der Waals surface area contributed by atoms with Crippen molar-refractivity contribution in [1.82, 2.24) is 19.4 Å². The number of likely N-dealkylation sites (tertiary alicyclic amines) is 1. The van der Waals surface area contributed by atoms with E-state index in [1.165, 1.54) is 47.2 Å². The molecule has 12 nitrogen and oxygen atoms in total. The zero-order chi connectivity index (χ0) is 32.7. The average molecular weight is 624 g/mol. The Morgan fingerprint density at radius 1 is 1.13 bits per heavy atom. The van der Waals surface area contributed by atoms with E-state index in [1.54, 1.807) is 11.0 Å². The molecule has 1 aliphatic rings. The van der Waals surface area contributed by atoms with E-state index in [4.69, 9.17) is 0 Å². The lowest BCUT2D eigenvalue weighted by atomic mass is 10.0. The molecule has 13 heteroatoms. The molecule has 1 atom stereocenters. The van der Waals surface area contributed by atoms with E-state index < -0.39 is 35.5 Å². The predicted octanol–water partition coefficient (Wildman–Crippen LogP) is 4.34. The molecule has 4 rings (SSSR count). The Morgan fingerprint density at radius 3 is 2.53 bits per heavy atom. The minimum atomic E-state index is -1.28. The first-order valence-corrected chi connectivity index (χ1v) is 14.8.